The lowest BCUT2D eigenvalue weighted by atomic mass is 10.1. The van der Waals surface area contributed by atoms with Crippen molar-refractivity contribution < 1.29 is 13.7 Å². The van der Waals surface area contributed by atoms with Gasteiger partial charge in [0.1, 0.15) is 5.82 Å². The van der Waals surface area contributed by atoms with Gasteiger partial charge in [0.25, 0.3) is 5.91 Å². The van der Waals surface area contributed by atoms with E-state index in [1.165, 1.54) is 23.5 Å². The molecule has 0 N–H and O–H groups in total. The molecule has 0 saturated carbocycles. The maximum absolute atomic E-state index is 13.6. The van der Waals surface area contributed by atoms with E-state index in [1.807, 2.05) is 30.3 Å². The van der Waals surface area contributed by atoms with Crippen LogP contribution in [0.15, 0.2) is 59.1 Å². The molecule has 1 amide bonds. The lowest BCUT2D eigenvalue weighted by Crippen LogP contribution is -2.39. The summed E-state index contributed by atoms with van der Waals surface area (Å²) in [5, 5.41) is 4.53. The van der Waals surface area contributed by atoms with E-state index in [9.17, 15) is 9.18 Å². The molecule has 0 saturated heterocycles. The van der Waals surface area contributed by atoms with Gasteiger partial charge in [-0.3, -0.25) is 9.69 Å². The molecule has 0 spiro atoms. The summed E-state index contributed by atoms with van der Waals surface area (Å²) in [7, 11) is 0. The van der Waals surface area contributed by atoms with Gasteiger partial charge in [-0.05, 0) is 31.3 Å². The zero-order chi connectivity index (χ0) is 21.8. The van der Waals surface area contributed by atoms with Crippen molar-refractivity contribution >= 4 is 32.6 Å². The third-order valence-electron chi connectivity index (χ3n) is 5.14. The molecule has 160 valence electrons. The first-order chi connectivity index (χ1) is 15.1. The highest BCUT2D eigenvalue weighted by Crippen LogP contribution is 2.30. The second-order valence-corrected chi connectivity index (χ2v) is 8.04. The summed E-state index contributed by atoms with van der Waals surface area (Å²) < 4.78 is 19.8. The number of amides is 1. The minimum atomic E-state index is -0.326. The lowest BCUT2D eigenvalue weighted by molar-refractivity contribution is 0.0975. The first-order valence-corrected chi connectivity index (χ1v) is 11.0. The van der Waals surface area contributed by atoms with E-state index in [-0.39, 0.29) is 17.4 Å². The van der Waals surface area contributed by atoms with Crippen LogP contribution >= 0.6 is 11.3 Å². The number of hydrogen-bond donors (Lipinski definition) is 0. The molecular weight excluding hydrogens is 415 g/mol. The zero-order valence-corrected chi connectivity index (χ0v) is 18.2. The van der Waals surface area contributed by atoms with Crippen molar-refractivity contribution in [1.82, 2.24) is 15.0 Å². The van der Waals surface area contributed by atoms with Crippen molar-refractivity contribution in [2.24, 2.45) is 0 Å². The predicted molar refractivity (Wildman–Crippen MR) is 121 cm³/mol. The summed E-state index contributed by atoms with van der Waals surface area (Å²) in [6.07, 6.45) is 0. The van der Waals surface area contributed by atoms with E-state index < -0.39 is 0 Å². The number of benzene rings is 2. The number of aromatic nitrogens is 2. The molecule has 31 heavy (non-hydrogen) atoms. The lowest BCUT2D eigenvalue weighted by Gasteiger charge is -2.24. The third kappa shape index (κ3) is 4.65. The average Bonchev–Trinajstić information content (AvgIpc) is 3.44. The summed E-state index contributed by atoms with van der Waals surface area (Å²) in [6, 6.07) is 15.6. The van der Waals surface area contributed by atoms with Crippen LogP contribution in [0.5, 0.6) is 0 Å². The van der Waals surface area contributed by atoms with Gasteiger partial charge < -0.3 is 9.42 Å². The van der Waals surface area contributed by atoms with Crippen LogP contribution in [-0.4, -0.2) is 47.1 Å². The van der Waals surface area contributed by atoms with E-state index in [0.29, 0.717) is 34.2 Å². The molecule has 0 unspecified atom stereocenters. The Hall–Kier alpha value is -3.10. The van der Waals surface area contributed by atoms with Gasteiger partial charge in [-0.1, -0.05) is 60.7 Å². The summed E-state index contributed by atoms with van der Waals surface area (Å²) in [5.74, 6) is -0.0932. The van der Waals surface area contributed by atoms with Crippen LogP contribution in [0.2, 0.25) is 0 Å². The van der Waals surface area contributed by atoms with Gasteiger partial charge in [-0.25, -0.2) is 9.37 Å². The van der Waals surface area contributed by atoms with Crippen LogP contribution in [0.4, 0.5) is 9.52 Å². The highest BCUT2D eigenvalue weighted by Gasteiger charge is 2.25. The third-order valence-corrected chi connectivity index (χ3v) is 6.18. The van der Waals surface area contributed by atoms with Crippen LogP contribution in [0.1, 0.15) is 24.3 Å². The fourth-order valence-electron chi connectivity index (χ4n) is 3.32. The summed E-state index contributed by atoms with van der Waals surface area (Å²) in [4.78, 5) is 21.8. The van der Waals surface area contributed by atoms with Gasteiger partial charge >= 0.3 is 0 Å². The van der Waals surface area contributed by atoms with Crippen molar-refractivity contribution in [1.29, 1.82) is 0 Å². The minimum absolute atomic E-state index is 0.212. The van der Waals surface area contributed by atoms with Crippen molar-refractivity contribution in [3.05, 3.63) is 66.1 Å². The number of nitrogens with zero attached hydrogens (tertiary/aromatic N) is 4. The molecule has 4 rings (SSSR count). The monoisotopic (exact) mass is 438 g/mol. The average molecular weight is 439 g/mol. The summed E-state index contributed by atoms with van der Waals surface area (Å²) in [5.41, 5.74) is 1.72. The number of likely N-dealkylation sites (N-methyl/N-ethyl adjacent to an activating group) is 1. The fourth-order valence-corrected chi connectivity index (χ4v) is 4.33. The Morgan fingerprint density at radius 1 is 1.06 bits per heavy atom. The Labute approximate surface area is 183 Å². The Bertz CT molecular complexity index is 1170. The van der Waals surface area contributed by atoms with Gasteiger partial charge in [-0.15, -0.1) is 0 Å². The number of halogens is 1. The number of thiazole rings is 1. The smallest absolute Gasteiger partial charge is 0.282 e. The Kier molecular flexibility index (Phi) is 6.39. The molecule has 2 aromatic carbocycles. The Morgan fingerprint density at radius 3 is 2.58 bits per heavy atom. The molecule has 4 aromatic rings. The van der Waals surface area contributed by atoms with Crippen LogP contribution in [0, 0.1) is 5.82 Å². The van der Waals surface area contributed by atoms with E-state index in [1.54, 1.807) is 17.0 Å². The first-order valence-electron chi connectivity index (χ1n) is 10.2. The van der Waals surface area contributed by atoms with Crippen LogP contribution in [0.25, 0.3) is 21.5 Å². The molecular formula is C23H23FN4O2S. The highest BCUT2D eigenvalue weighted by molar-refractivity contribution is 7.22. The summed E-state index contributed by atoms with van der Waals surface area (Å²) >= 11 is 1.29. The molecule has 0 aliphatic carbocycles. The number of carbonyl (C=O) groups excluding carboxylic acids is 1. The molecule has 0 radical (unpaired) electrons. The van der Waals surface area contributed by atoms with Crippen LogP contribution < -0.4 is 4.90 Å². The molecule has 2 aromatic heterocycles. The topological polar surface area (TPSA) is 62.5 Å². The molecule has 8 heteroatoms. The maximum atomic E-state index is 13.6. The standard InChI is InChI=1S/C23H23FN4O2S/c1-3-27(4-2)12-13-28(23-25-18-11-10-17(24)14-21(18)31-23)22(29)19-15-20(30-26-19)16-8-6-5-7-9-16/h5-11,14-15H,3-4,12-13H2,1-2H3. The van der Waals surface area contributed by atoms with E-state index >= 15 is 0 Å². The molecule has 0 aliphatic rings. The van der Waals surface area contributed by atoms with Gasteiger partial charge in [0.15, 0.2) is 16.6 Å². The fraction of sp³-hybridized carbons (Fsp3) is 0.261. The van der Waals surface area contributed by atoms with Crippen LogP contribution in [0.3, 0.4) is 0 Å². The molecule has 0 atom stereocenters. The van der Waals surface area contributed by atoms with E-state index in [2.05, 4.69) is 28.9 Å². The number of carbonyl (C=O) groups is 1. The minimum Gasteiger partial charge on any atom is -0.355 e. The SMILES string of the molecule is CCN(CC)CCN(C(=O)c1cc(-c2ccccc2)on1)c1nc2ccc(F)cc2s1. The maximum Gasteiger partial charge on any atom is 0.282 e. The van der Waals surface area contributed by atoms with Gasteiger partial charge in [0, 0.05) is 24.7 Å². The number of rotatable bonds is 8. The van der Waals surface area contributed by atoms with Crippen LogP contribution in [-0.2, 0) is 0 Å². The van der Waals surface area contributed by atoms with E-state index in [0.717, 1.165) is 18.7 Å². The molecule has 6 nitrogen and oxygen atoms in total. The highest BCUT2D eigenvalue weighted by atomic mass is 32.1. The van der Waals surface area contributed by atoms with Gasteiger partial charge in [0.05, 0.1) is 10.2 Å². The molecule has 0 bridgehead atoms. The predicted octanol–water partition coefficient (Wildman–Crippen LogP) is 5.08. The van der Waals surface area contributed by atoms with Gasteiger partial charge in [-0.2, -0.15) is 0 Å². The van der Waals surface area contributed by atoms with Crippen molar-refractivity contribution in [2.75, 3.05) is 31.1 Å². The van der Waals surface area contributed by atoms with Gasteiger partial charge in [0.2, 0.25) is 0 Å². The van der Waals surface area contributed by atoms with E-state index in [4.69, 9.17) is 4.52 Å². The second-order valence-electron chi connectivity index (χ2n) is 7.03. The largest absolute Gasteiger partial charge is 0.355 e. The number of hydrogen-bond acceptors (Lipinski definition) is 6. The van der Waals surface area contributed by atoms with Crippen molar-refractivity contribution in [3.8, 4) is 11.3 Å². The number of anilines is 1. The van der Waals surface area contributed by atoms with Crippen molar-refractivity contribution in [3.63, 3.8) is 0 Å². The molecule has 0 aliphatic heterocycles. The number of fused-ring (bicyclic) bond motifs is 1. The Balaban J connectivity index is 1.66. The first kappa shape index (κ1) is 21.1. The quantitative estimate of drug-likeness (QED) is 0.384. The second kappa shape index (κ2) is 9.36. The Morgan fingerprint density at radius 2 is 1.84 bits per heavy atom. The van der Waals surface area contributed by atoms with Crippen molar-refractivity contribution in [2.45, 2.75) is 13.8 Å². The normalized spacial score (nSPS) is 11.4. The summed E-state index contributed by atoms with van der Waals surface area (Å²) in [6.45, 7) is 7.06. The molecule has 2 heterocycles. The zero-order valence-electron chi connectivity index (χ0n) is 17.4. The molecule has 0 fully saturated rings.